The zero-order valence-electron chi connectivity index (χ0n) is 51.3. The molecule has 6 heteroatoms. The summed E-state index contributed by atoms with van der Waals surface area (Å²) in [5, 5.41) is 0. The van der Waals surface area contributed by atoms with Gasteiger partial charge in [-0.05, 0) is 70.6 Å². The minimum Gasteiger partial charge on any atom is -0.462 e. The number of rotatable bonds is 63. The molecule has 0 bridgehead atoms. The van der Waals surface area contributed by atoms with E-state index in [0.29, 0.717) is 19.3 Å². The monoisotopic (exact) mass is 1070 g/mol. The SMILES string of the molecule is CCC/C=C\C/C=C\CCCCCCCC(=O)OCC(COC(=O)CCCCCCCCCCCCCCCCCCCCCCCCCCCCCCC)OC(=O)CCCCCCC/C=C\CCCCCCCCC. The first-order chi connectivity index (χ1) is 37.5. The average Bonchev–Trinajstić information content (AvgIpc) is 3.42. The van der Waals surface area contributed by atoms with Crippen LogP contribution >= 0.6 is 0 Å². The van der Waals surface area contributed by atoms with E-state index in [1.54, 1.807) is 0 Å². The van der Waals surface area contributed by atoms with Gasteiger partial charge in [0.2, 0.25) is 0 Å². The normalized spacial score (nSPS) is 12.2. The van der Waals surface area contributed by atoms with E-state index in [-0.39, 0.29) is 31.1 Å². The molecule has 0 saturated carbocycles. The maximum Gasteiger partial charge on any atom is 0.306 e. The molecule has 0 N–H and O–H groups in total. The van der Waals surface area contributed by atoms with Crippen LogP contribution in [0.25, 0.3) is 0 Å². The molecule has 0 aliphatic rings. The standard InChI is InChI=1S/C70H130O6/c1-4-7-10-13-16-19-22-25-27-29-30-31-32-33-34-35-36-37-38-39-40-41-43-45-48-51-54-57-60-63-69(72)75-66-67(65-74-68(71)62-59-56-53-50-47-44-24-21-18-15-12-9-6-3)76-70(73)64-61-58-55-52-49-46-42-28-26-23-20-17-14-11-8-5-2/h12,15,21,24,28,42,67H,4-11,13-14,16-20,22-23,25-27,29-41,43-66H2,1-3H3/b15-12-,24-21-,42-28-. The molecule has 0 heterocycles. The van der Waals surface area contributed by atoms with Crippen LogP contribution in [-0.4, -0.2) is 37.2 Å². The van der Waals surface area contributed by atoms with Crippen molar-refractivity contribution >= 4 is 17.9 Å². The predicted octanol–water partition coefficient (Wildman–Crippen LogP) is 23.2. The quantitative estimate of drug-likeness (QED) is 0.0261. The van der Waals surface area contributed by atoms with Crippen molar-refractivity contribution in [2.75, 3.05) is 13.2 Å². The zero-order valence-corrected chi connectivity index (χ0v) is 51.3. The number of ether oxygens (including phenoxy) is 3. The Labute approximate surface area is 474 Å². The summed E-state index contributed by atoms with van der Waals surface area (Å²) in [5.74, 6) is -0.876. The van der Waals surface area contributed by atoms with E-state index < -0.39 is 6.10 Å². The summed E-state index contributed by atoms with van der Waals surface area (Å²) in [7, 11) is 0. The fraction of sp³-hybridized carbons (Fsp3) is 0.871. The molecule has 76 heavy (non-hydrogen) atoms. The minimum atomic E-state index is -0.781. The number of hydrogen-bond acceptors (Lipinski definition) is 6. The van der Waals surface area contributed by atoms with Crippen molar-refractivity contribution in [2.24, 2.45) is 0 Å². The van der Waals surface area contributed by atoms with Gasteiger partial charge in [-0.25, -0.2) is 0 Å². The lowest BCUT2D eigenvalue weighted by Gasteiger charge is -2.18. The fourth-order valence-electron chi connectivity index (χ4n) is 10.2. The van der Waals surface area contributed by atoms with Gasteiger partial charge in [-0.2, -0.15) is 0 Å². The van der Waals surface area contributed by atoms with E-state index in [9.17, 15) is 14.4 Å². The summed E-state index contributed by atoms with van der Waals surface area (Å²) in [6, 6.07) is 0. The van der Waals surface area contributed by atoms with Gasteiger partial charge in [0, 0.05) is 19.3 Å². The number of esters is 3. The van der Waals surface area contributed by atoms with Gasteiger partial charge in [0.1, 0.15) is 13.2 Å². The second-order valence-corrected chi connectivity index (χ2v) is 23.1. The van der Waals surface area contributed by atoms with Crippen LogP contribution in [0.3, 0.4) is 0 Å². The molecule has 1 atom stereocenters. The number of allylic oxidation sites excluding steroid dienone is 6. The molecule has 0 aromatic carbocycles. The molecule has 0 saturated heterocycles. The number of hydrogen-bond donors (Lipinski definition) is 0. The third kappa shape index (κ3) is 62.5. The van der Waals surface area contributed by atoms with Crippen LogP contribution < -0.4 is 0 Å². The van der Waals surface area contributed by atoms with Gasteiger partial charge in [0.05, 0.1) is 0 Å². The number of carbonyl (C=O) groups excluding carboxylic acids is 3. The van der Waals surface area contributed by atoms with Crippen molar-refractivity contribution in [3.05, 3.63) is 36.5 Å². The lowest BCUT2D eigenvalue weighted by molar-refractivity contribution is -0.167. The highest BCUT2D eigenvalue weighted by molar-refractivity contribution is 5.71. The molecule has 446 valence electrons. The van der Waals surface area contributed by atoms with E-state index in [1.165, 1.54) is 244 Å². The Kier molecular flexibility index (Phi) is 63.1. The Morgan fingerprint density at radius 3 is 0.789 bits per heavy atom. The second-order valence-electron chi connectivity index (χ2n) is 23.1. The van der Waals surface area contributed by atoms with Gasteiger partial charge >= 0.3 is 17.9 Å². The number of carbonyl (C=O) groups is 3. The molecule has 0 rings (SSSR count). The Balaban J connectivity index is 4.16. The van der Waals surface area contributed by atoms with Crippen molar-refractivity contribution < 1.29 is 28.6 Å². The molecule has 6 nitrogen and oxygen atoms in total. The van der Waals surface area contributed by atoms with Crippen LogP contribution in [0.15, 0.2) is 36.5 Å². The maximum absolute atomic E-state index is 12.9. The van der Waals surface area contributed by atoms with Crippen LogP contribution in [-0.2, 0) is 28.6 Å². The summed E-state index contributed by atoms with van der Waals surface area (Å²) in [6.45, 7) is 6.62. The molecule has 1 unspecified atom stereocenters. The van der Waals surface area contributed by atoms with Crippen molar-refractivity contribution in [2.45, 2.75) is 380 Å². The molecule has 0 spiro atoms. The summed E-state index contributed by atoms with van der Waals surface area (Å²) in [4.78, 5) is 38.3. The lowest BCUT2D eigenvalue weighted by Crippen LogP contribution is -2.30. The molecule has 0 aliphatic heterocycles. The Hall–Kier alpha value is -2.37. The second kappa shape index (κ2) is 65.2. The summed E-state index contributed by atoms with van der Waals surface area (Å²) in [5.41, 5.74) is 0. The Morgan fingerprint density at radius 1 is 0.263 bits per heavy atom. The molecular formula is C70H130O6. The van der Waals surface area contributed by atoms with Crippen LogP contribution in [0.4, 0.5) is 0 Å². The lowest BCUT2D eigenvalue weighted by atomic mass is 10.0. The predicted molar refractivity (Wildman–Crippen MR) is 330 cm³/mol. The molecule has 0 aliphatic carbocycles. The van der Waals surface area contributed by atoms with Gasteiger partial charge in [0.15, 0.2) is 6.10 Å². The van der Waals surface area contributed by atoms with Gasteiger partial charge in [0.25, 0.3) is 0 Å². The first kappa shape index (κ1) is 73.6. The van der Waals surface area contributed by atoms with Crippen LogP contribution in [0, 0.1) is 0 Å². The zero-order chi connectivity index (χ0) is 55.0. The molecule has 0 aromatic heterocycles. The smallest absolute Gasteiger partial charge is 0.306 e. The average molecular weight is 1070 g/mol. The largest absolute Gasteiger partial charge is 0.462 e. The van der Waals surface area contributed by atoms with Gasteiger partial charge in [-0.15, -0.1) is 0 Å². The van der Waals surface area contributed by atoms with Crippen LogP contribution in [0.2, 0.25) is 0 Å². The van der Waals surface area contributed by atoms with Crippen molar-refractivity contribution in [3.8, 4) is 0 Å². The van der Waals surface area contributed by atoms with E-state index in [4.69, 9.17) is 14.2 Å². The summed E-state index contributed by atoms with van der Waals surface area (Å²) in [6.07, 6.45) is 80.4. The first-order valence-corrected chi connectivity index (χ1v) is 34.0. The third-order valence-electron chi connectivity index (χ3n) is 15.3. The van der Waals surface area contributed by atoms with Gasteiger partial charge in [-0.1, -0.05) is 320 Å². The summed E-state index contributed by atoms with van der Waals surface area (Å²) >= 11 is 0. The minimum absolute atomic E-state index is 0.0760. The maximum atomic E-state index is 12.9. The topological polar surface area (TPSA) is 78.9 Å². The van der Waals surface area contributed by atoms with E-state index in [2.05, 4.69) is 57.2 Å². The Bertz CT molecular complexity index is 1270. The first-order valence-electron chi connectivity index (χ1n) is 34.0. The van der Waals surface area contributed by atoms with Crippen LogP contribution in [0.5, 0.6) is 0 Å². The van der Waals surface area contributed by atoms with Gasteiger partial charge in [-0.3, -0.25) is 14.4 Å². The van der Waals surface area contributed by atoms with E-state index >= 15 is 0 Å². The van der Waals surface area contributed by atoms with E-state index in [0.717, 1.165) is 89.9 Å². The molecular weight excluding hydrogens is 937 g/mol. The fourth-order valence-corrected chi connectivity index (χ4v) is 10.2. The summed E-state index contributed by atoms with van der Waals surface area (Å²) < 4.78 is 16.9. The van der Waals surface area contributed by atoms with Gasteiger partial charge < -0.3 is 14.2 Å². The number of unbranched alkanes of at least 4 members (excludes halogenated alkanes) is 46. The van der Waals surface area contributed by atoms with Crippen LogP contribution in [0.1, 0.15) is 374 Å². The molecule has 0 fully saturated rings. The molecule has 0 amide bonds. The molecule has 0 aromatic rings. The van der Waals surface area contributed by atoms with Crippen molar-refractivity contribution in [3.63, 3.8) is 0 Å². The highest BCUT2D eigenvalue weighted by Gasteiger charge is 2.19. The Morgan fingerprint density at radius 2 is 0.500 bits per heavy atom. The highest BCUT2D eigenvalue weighted by Crippen LogP contribution is 2.18. The van der Waals surface area contributed by atoms with Crippen molar-refractivity contribution in [1.29, 1.82) is 0 Å². The van der Waals surface area contributed by atoms with E-state index in [1.807, 2.05) is 0 Å². The highest BCUT2D eigenvalue weighted by atomic mass is 16.6. The molecule has 0 radical (unpaired) electrons. The third-order valence-corrected chi connectivity index (χ3v) is 15.3. The van der Waals surface area contributed by atoms with Crippen molar-refractivity contribution in [1.82, 2.24) is 0 Å².